The fourth-order valence-corrected chi connectivity index (χ4v) is 1.97. The molecule has 1 amide bonds. The number of carbonyl (C=O) groups is 1. The summed E-state index contributed by atoms with van der Waals surface area (Å²) < 4.78 is 5.12. The molecule has 4 heteroatoms. The third-order valence-electron chi connectivity index (χ3n) is 2.77. The van der Waals surface area contributed by atoms with Crippen LogP contribution in [-0.2, 0) is 4.79 Å². The molecule has 80 valence electrons. The van der Waals surface area contributed by atoms with Crippen molar-refractivity contribution in [2.75, 3.05) is 13.1 Å². The maximum Gasteiger partial charge on any atom is 0.245 e. The minimum absolute atomic E-state index is 0.000727. The van der Waals surface area contributed by atoms with E-state index >= 15 is 0 Å². The van der Waals surface area contributed by atoms with Gasteiger partial charge in [0.05, 0.1) is 6.20 Å². The fraction of sp³-hybridized carbons (Fsp3) is 0.455. The quantitative estimate of drug-likeness (QED) is 0.690. The zero-order valence-electron chi connectivity index (χ0n) is 8.56. The summed E-state index contributed by atoms with van der Waals surface area (Å²) in [5.74, 6) is 1.15. The van der Waals surface area contributed by atoms with Gasteiger partial charge in [0.15, 0.2) is 0 Å². The smallest absolute Gasteiger partial charge is 0.245 e. The summed E-state index contributed by atoms with van der Waals surface area (Å²) in [5, 5.41) is 3.69. The molecular weight excluding hydrogens is 192 g/mol. The van der Waals surface area contributed by atoms with Gasteiger partial charge in [-0.2, -0.15) is 0 Å². The SMILES string of the molecule is C=CC(=O)N1CCCC(c2ccno2)C1. The number of nitrogens with zero attached hydrogens (tertiary/aromatic N) is 2. The molecule has 1 atom stereocenters. The maximum atomic E-state index is 11.4. The molecule has 1 aromatic rings. The Morgan fingerprint density at radius 3 is 3.27 bits per heavy atom. The molecule has 0 N–H and O–H groups in total. The average molecular weight is 206 g/mol. The van der Waals surface area contributed by atoms with Crippen molar-refractivity contribution >= 4 is 5.91 Å². The Labute approximate surface area is 88.5 Å². The molecule has 4 nitrogen and oxygen atoms in total. The minimum atomic E-state index is -0.000727. The summed E-state index contributed by atoms with van der Waals surface area (Å²) in [5.41, 5.74) is 0. The Kier molecular flexibility index (Phi) is 2.85. The summed E-state index contributed by atoms with van der Waals surface area (Å²) in [6.07, 6.45) is 5.06. The molecule has 1 fully saturated rings. The monoisotopic (exact) mass is 206 g/mol. The van der Waals surface area contributed by atoms with Crippen LogP contribution < -0.4 is 0 Å². The largest absolute Gasteiger partial charge is 0.361 e. The summed E-state index contributed by atoms with van der Waals surface area (Å²) in [4.78, 5) is 13.3. The first-order valence-electron chi connectivity index (χ1n) is 5.13. The lowest BCUT2D eigenvalue weighted by Crippen LogP contribution is -2.37. The first-order valence-corrected chi connectivity index (χ1v) is 5.13. The van der Waals surface area contributed by atoms with Crippen LogP contribution in [0.15, 0.2) is 29.4 Å². The van der Waals surface area contributed by atoms with E-state index in [1.54, 1.807) is 6.20 Å². The Morgan fingerprint density at radius 2 is 2.60 bits per heavy atom. The van der Waals surface area contributed by atoms with Gasteiger partial charge < -0.3 is 9.42 Å². The van der Waals surface area contributed by atoms with Crippen LogP contribution in [0.1, 0.15) is 24.5 Å². The fourth-order valence-electron chi connectivity index (χ4n) is 1.97. The molecule has 1 unspecified atom stereocenters. The van der Waals surface area contributed by atoms with Crippen molar-refractivity contribution in [1.82, 2.24) is 10.1 Å². The van der Waals surface area contributed by atoms with Gasteiger partial charge in [0.1, 0.15) is 5.76 Å². The van der Waals surface area contributed by atoms with Gasteiger partial charge in [-0.3, -0.25) is 4.79 Å². The van der Waals surface area contributed by atoms with Gasteiger partial charge in [-0.15, -0.1) is 0 Å². The van der Waals surface area contributed by atoms with E-state index in [9.17, 15) is 4.79 Å². The second-order valence-electron chi connectivity index (χ2n) is 3.74. The molecule has 15 heavy (non-hydrogen) atoms. The molecule has 1 aromatic heterocycles. The third kappa shape index (κ3) is 2.09. The number of rotatable bonds is 2. The minimum Gasteiger partial charge on any atom is -0.361 e. The standard InChI is InChI=1S/C11H14N2O2/c1-2-11(14)13-7-3-4-9(8-13)10-5-6-12-15-10/h2,5-6,9H,1,3-4,7-8H2. The second kappa shape index (κ2) is 4.29. The van der Waals surface area contributed by atoms with Crippen LogP contribution in [0.2, 0.25) is 0 Å². The predicted molar refractivity (Wildman–Crippen MR) is 55.3 cm³/mol. The molecule has 1 aliphatic rings. The van der Waals surface area contributed by atoms with Crippen LogP contribution >= 0.6 is 0 Å². The van der Waals surface area contributed by atoms with Crippen LogP contribution in [0.4, 0.5) is 0 Å². The number of piperidine rings is 1. The lowest BCUT2D eigenvalue weighted by Gasteiger charge is -2.30. The Bertz CT molecular complexity index is 345. The molecule has 2 rings (SSSR count). The van der Waals surface area contributed by atoms with E-state index < -0.39 is 0 Å². The molecular formula is C11H14N2O2. The van der Waals surface area contributed by atoms with Crippen molar-refractivity contribution in [3.05, 3.63) is 30.7 Å². The number of carbonyl (C=O) groups excluding carboxylic acids is 1. The van der Waals surface area contributed by atoms with E-state index in [1.165, 1.54) is 6.08 Å². The Balaban J connectivity index is 2.04. The summed E-state index contributed by atoms with van der Waals surface area (Å²) in [7, 11) is 0. The highest BCUT2D eigenvalue weighted by Gasteiger charge is 2.25. The van der Waals surface area contributed by atoms with Crippen molar-refractivity contribution in [2.24, 2.45) is 0 Å². The molecule has 1 saturated heterocycles. The first-order chi connectivity index (χ1) is 7.31. The number of aromatic nitrogens is 1. The van der Waals surface area contributed by atoms with E-state index in [-0.39, 0.29) is 11.8 Å². The molecule has 0 aliphatic carbocycles. The highest BCUT2D eigenvalue weighted by atomic mass is 16.5. The van der Waals surface area contributed by atoms with Crippen LogP contribution in [0.25, 0.3) is 0 Å². The van der Waals surface area contributed by atoms with Gasteiger partial charge in [-0.05, 0) is 18.9 Å². The first kappa shape index (κ1) is 9.96. The molecule has 0 spiro atoms. The van der Waals surface area contributed by atoms with Gasteiger partial charge in [0.25, 0.3) is 0 Å². The lowest BCUT2D eigenvalue weighted by atomic mass is 9.95. The normalized spacial score (nSPS) is 21.3. The third-order valence-corrected chi connectivity index (χ3v) is 2.77. The van der Waals surface area contributed by atoms with Crippen molar-refractivity contribution in [3.8, 4) is 0 Å². The van der Waals surface area contributed by atoms with Crippen molar-refractivity contribution < 1.29 is 9.32 Å². The zero-order chi connectivity index (χ0) is 10.7. The highest BCUT2D eigenvalue weighted by molar-refractivity contribution is 5.87. The van der Waals surface area contributed by atoms with E-state index in [0.717, 1.165) is 25.1 Å². The van der Waals surface area contributed by atoms with Crippen molar-refractivity contribution in [3.63, 3.8) is 0 Å². The molecule has 0 saturated carbocycles. The molecule has 1 aliphatic heterocycles. The van der Waals surface area contributed by atoms with Gasteiger partial charge in [-0.1, -0.05) is 11.7 Å². The van der Waals surface area contributed by atoms with Crippen LogP contribution in [0.5, 0.6) is 0 Å². The molecule has 0 aromatic carbocycles. The topological polar surface area (TPSA) is 46.3 Å². The molecule has 0 radical (unpaired) electrons. The number of hydrogen-bond donors (Lipinski definition) is 0. The van der Waals surface area contributed by atoms with Crippen LogP contribution in [0.3, 0.4) is 0 Å². The second-order valence-corrected chi connectivity index (χ2v) is 3.74. The molecule has 2 heterocycles. The average Bonchev–Trinajstić information content (AvgIpc) is 2.82. The lowest BCUT2D eigenvalue weighted by molar-refractivity contribution is -0.127. The predicted octanol–water partition coefficient (Wildman–Crippen LogP) is 1.57. The van der Waals surface area contributed by atoms with Crippen LogP contribution in [0, 0.1) is 0 Å². The number of hydrogen-bond acceptors (Lipinski definition) is 3. The zero-order valence-corrected chi connectivity index (χ0v) is 8.56. The van der Waals surface area contributed by atoms with E-state index in [2.05, 4.69) is 11.7 Å². The van der Waals surface area contributed by atoms with Gasteiger partial charge in [0, 0.05) is 25.1 Å². The summed E-state index contributed by atoms with van der Waals surface area (Å²) in [6, 6.07) is 1.87. The van der Waals surface area contributed by atoms with E-state index in [1.807, 2.05) is 11.0 Å². The van der Waals surface area contributed by atoms with Gasteiger partial charge >= 0.3 is 0 Å². The maximum absolute atomic E-state index is 11.4. The van der Waals surface area contributed by atoms with Crippen molar-refractivity contribution in [1.29, 1.82) is 0 Å². The van der Waals surface area contributed by atoms with Gasteiger partial charge in [-0.25, -0.2) is 0 Å². The van der Waals surface area contributed by atoms with E-state index in [4.69, 9.17) is 4.52 Å². The van der Waals surface area contributed by atoms with E-state index in [0.29, 0.717) is 6.54 Å². The highest BCUT2D eigenvalue weighted by Crippen LogP contribution is 2.26. The van der Waals surface area contributed by atoms with Gasteiger partial charge in [0.2, 0.25) is 5.91 Å². The molecule has 0 bridgehead atoms. The number of likely N-dealkylation sites (tertiary alicyclic amines) is 1. The Morgan fingerprint density at radius 1 is 1.73 bits per heavy atom. The summed E-state index contributed by atoms with van der Waals surface area (Å²) in [6.45, 7) is 5.02. The Hall–Kier alpha value is -1.58. The van der Waals surface area contributed by atoms with Crippen molar-refractivity contribution in [2.45, 2.75) is 18.8 Å². The summed E-state index contributed by atoms with van der Waals surface area (Å²) >= 11 is 0. The number of amides is 1. The van der Waals surface area contributed by atoms with Crippen LogP contribution in [-0.4, -0.2) is 29.1 Å².